The maximum absolute atomic E-state index is 12.1. The van der Waals surface area contributed by atoms with Gasteiger partial charge in [-0.2, -0.15) is 0 Å². The van der Waals surface area contributed by atoms with Crippen LogP contribution in [0.3, 0.4) is 0 Å². The van der Waals surface area contributed by atoms with Crippen LogP contribution in [0.4, 0.5) is 11.4 Å². The summed E-state index contributed by atoms with van der Waals surface area (Å²) in [5, 5.41) is 2.90. The molecule has 1 amide bonds. The molecule has 0 spiro atoms. The maximum Gasteiger partial charge on any atom is 0.241 e. The molecule has 0 heterocycles. The van der Waals surface area contributed by atoms with Gasteiger partial charge in [-0.3, -0.25) is 9.69 Å². The Morgan fingerprint density at radius 1 is 1.56 bits per heavy atom. The summed E-state index contributed by atoms with van der Waals surface area (Å²) in [4.78, 5) is 14.2. The first-order chi connectivity index (χ1) is 8.56. The summed E-state index contributed by atoms with van der Waals surface area (Å²) in [5.41, 5.74) is 7.10. The second-order valence-electron chi connectivity index (χ2n) is 5.17. The topological polar surface area (TPSA) is 58.4 Å². The number of hydrogen-bond acceptors (Lipinski definition) is 3. The molecular weight excluding hydrogens is 226 g/mol. The first-order valence-electron chi connectivity index (χ1n) is 6.43. The van der Waals surface area contributed by atoms with Crippen LogP contribution >= 0.6 is 0 Å². The molecule has 0 saturated heterocycles. The van der Waals surface area contributed by atoms with Gasteiger partial charge < -0.3 is 11.1 Å². The van der Waals surface area contributed by atoms with Gasteiger partial charge in [0.2, 0.25) is 5.91 Å². The fourth-order valence-electron chi connectivity index (χ4n) is 1.93. The van der Waals surface area contributed by atoms with Crippen molar-refractivity contribution in [1.29, 1.82) is 0 Å². The minimum atomic E-state index is -0.118. The number of carbonyl (C=O) groups is 1. The summed E-state index contributed by atoms with van der Waals surface area (Å²) < 4.78 is 0. The van der Waals surface area contributed by atoms with E-state index in [1.54, 1.807) is 12.1 Å². The van der Waals surface area contributed by atoms with E-state index >= 15 is 0 Å². The lowest BCUT2D eigenvalue weighted by atomic mass is 10.2. The summed E-state index contributed by atoms with van der Waals surface area (Å²) in [6, 6.07) is 7.14. The zero-order valence-corrected chi connectivity index (χ0v) is 11.0. The maximum atomic E-state index is 12.1. The SMILES string of the molecule is CC(C(=O)Nc1cccc(N)c1)N(C)CC1CC1. The minimum Gasteiger partial charge on any atom is -0.399 e. The monoisotopic (exact) mass is 247 g/mol. The predicted octanol–water partition coefficient (Wildman–Crippen LogP) is 1.94. The molecule has 0 aliphatic heterocycles. The second-order valence-corrected chi connectivity index (χ2v) is 5.17. The minimum absolute atomic E-state index is 0.0174. The van der Waals surface area contributed by atoms with E-state index in [-0.39, 0.29) is 11.9 Å². The number of likely N-dealkylation sites (N-methyl/N-ethyl adjacent to an activating group) is 1. The smallest absolute Gasteiger partial charge is 0.241 e. The Kier molecular flexibility index (Phi) is 3.87. The highest BCUT2D eigenvalue weighted by atomic mass is 16.2. The third-order valence-corrected chi connectivity index (χ3v) is 3.44. The number of carbonyl (C=O) groups excluding carboxylic acids is 1. The van der Waals surface area contributed by atoms with Crippen LogP contribution in [0.1, 0.15) is 19.8 Å². The lowest BCUT2D eigenvalue weighted by Crippen LogP contribution is -2.40. The van der Waals surface area contributed by atoms with Crippen LogP contribution in [-0.2, 0) is 4.79 Å². The Hall–Kier alpha value is -1.55. The number of nitrogens with one attached hydrogen (secondary N) is 1. The van der Waals surface area contributed by atoms with Crippen LogP contribution in [0.25, 0.3) is 0 Å². The quantitative estimate of drug-likeness (QED) is 0.782. The third kappa shape index (κ3) is 3.47. The molecular formula is C14H21N3O. The van der Waals surface area contributed by atoms with Crippen molar-refractivity contribution in [2.24, 2.45) is 5.92 Å². The lowest BCUT2D eigenvalue weighted by molar-refractivity contribution is -0.120. The van der Waals surface area contributed by atoms with Gasteiger partial charge in [0, 0.05) is 17.9 Å². The first-order valence-corrected chi connectivity index (χ1v) is 6.43. The standard InChI is InChI=1S/C14H21N3O/c1-10(17(2)9-11-6-7-11)14(18)16-13-5-3-4-12(15)8-13/h3-5,8,10-11H,6-7,9,15H2,1-2H3,(H,16,18). The van der Waals surface area contributed by atoms with E-state index in [0.717, 1.165) is 18.2 Å². The molecule has 2 rings (SSSR count). The van der Waals surface area contributed by atoms with Crippen molar-refractivity contribution in [2.45, 2.75) is 25.8 Å². The summed E-state index contributed by atoms with van der Waals surface area (Å²) in [6.07, 6.45) is 2.60. The number of benzene rings is 1. The summed E-state index contributed by atoms with van der Waals surface area (Å²) >= 11 is 0. The molecule has 1 fully saturated rings. The van der Waals surface area contributed by atoms with Crippen LogP contribution in [0.15, 0.2) is 24.3 Å². The van der Waals surface area contributed by atoms with Crippen LogP contribution in [0.5, 0.6) is 0 Å². The van der Waals surface area contributed by atoms with Crippen molar-refractivity contribution < 1.29 is 4.79 Å². The Morgan fingerprint density at radius 3 is 2.89 bits per heavy atom. The molecule has 0 bridgehead atoms. The highest BCUT2D eigenvalue weighted by molar-refractivity contribution is 5.94. The average Bonchev–Trinajstić information content (AvgIpc) is 3.11. The molecule has 1 saturated carbocycles. The normalized spacial score (nSPS) is 16.6. The van der Waals surface area contributed by atoms with Gasteiger partial charge in [0.1, 0.15) is 0 Å². The fraction of sp³-hybridized carbons (Fsp3) is 0.500. The zero-order chi connectivity index (χ0) is 13.1. The van der Waals surface area contributed by atoms with Gasteiger partial charge in [-0.15, -0.1) is 0 Å². The molecule has 4 heteroatoms. The van der Waals surface area contributed by atoms with Crippen LogP contribution in [-0.4, -0.2) is 30.4 Å². The van der Waals surface area contributed by atoms with Gasteiger partial charge in [0.15, 0.2) is 0 Å². The Labute approximate surface area is 108 Å². The van der Waals surface area contributed by atoms with E-state index in [9.17, 15) is 4.79 Å². The van der Waals surface area contributed by atoms with Gasteiger partial charge in [-0.05, 0) is 50.9 Å². The molecule has 1 atom stereocenters. The highest BCUT2D eigenvalue weighted by Gasteiger charge is 2.26. The Morgan fingerprint density at radius 2 is 2.28 bits per heavy atom. The lowest BCUT2D eigenvalue weighted by Gasteiger charge is -2.23. The van der Waals surface area contributed by atoms with Gasteiger partial charge in [0.25, 0.3) is 0 Å². The number of nitrogen functional groups attached to an aromatic ring is 1. The van der Waals surface area contributed by atoms with Gasteiger partial charge in [-0.25, -0.2) is 0 Å². The van der Waals surface area contributed by atoms with Crippen molar-refractivity contribution in [1.82, 2.24) is 4.90 Å². The number of rotatable bonds is 5. The number of nitrogens with two attached hydrogens (primary N) is 1. The van der Waals surface area contributed by atoms with Crippen molar-refractivity contribution in [2.75, 3.05) is 24.6 Å². The van der Waals surface area contributed by atoms with Crippen LogP contribution in [0.2, 0.25) is 0 Å². The van der Waals surface area contributed by atoms with E-state index in [4.69, 9.17) is 5.73 Å². The first kappa shape index (κ1) is 12.9. The van der Waals surface area contributed by atoms with Crippen molar-refractivity contribution >= 4 is 17.3 Å². The van der Waals surface area contributed by atoms with E-state index < -0.39 is 0 Å². The molecule has 98 valence electrons. The molecule has 1 aromatic carbocycles. The molecule has 3 N–H and O–H groups in total. The van der Waals surface area contributed by atoms with Gasteiger partial charge in [-0.1, -0.05) is 6.07 Å². The highest BCUT2D eigenvalue weighted by Crippen LogP contribution is 2.29. The molecule has 1 unspecified atom stereocenters. The van der Waals surface area contributed by atoms with E-state index in [1.807, 2.05) is 26.1 Å². The molecule has 1 aliphatic rings. The number of anilines is 2. The largest absolute Gasteiger partial charge is 0.399 e. The second kappa shape index (κ2) is 5.40. The Bertz CT molecular complexity index is 429. The number of hydrogen-bond donors (Lipinski definition) is 2. The summed E-state index contributed by atoms with van der Waals surface area (Å²) in [5.74, 6) is 0.807. The molecule has 1 aliphatic carbocycles. The van der Waals surface area contributed by atoms with Gasteiger partial charge in [0.05, 0.1) is 6.04 Å². The van der Waals surface area contributed by atoms with Gasteiger partial charge >= 0.3 is 0 Å². The zero-order valence-electron chi connectivity index (χ0n) is 11.0. The molecule has 4 nitrogen and oxygen atoms in total. The molecule has 18 heavy (non-hydrogen) atoms. The number of nitrogens with zero attached hydrogens (tertiary/aromatic N) is 1. The number of amides is 1. The van der Waals surface area contributed by atoms with Crippen molar-refractivity contribution in [3.63, 3.8) is 0 Å². The van der Waals surface area contributed by atoms with Crippen LogP contribution < -0.4 is 11.1 Å². The molecule has 0 radical (unpaired) electrons. The summed E-state index contributed by atoms with van der Waals surface area (Å²) in [6.45, 7) is 2.94. The van der Waals surface area contributed by atoms with E-state index in [2.05, 4.69) is 10.2 Å². The van der Waals surface area contributed by atoms with E-state index in [1.165, 1.54) is 12.8 Å². The van der Waals surface area contributed by atoms with Crippen molar-refractivity contribution in [3.05, 3.63) is 24.3 Å². The van der Waals surface area contributed by atoms with Crippen LogP contribution in [0, 0.1) is 5.92 Å². The van der Waals surface area contributed by atoms with E-state index in [0.29, 0.717) is 5.69 Å². The average molecular weight is 247 g/mol. The predicted molar refractivity (Wildman–Crippen MR) is 74.3 cm³/mol. The molecule has 1 aromatic rings. The third-order valence-electron chi connectivity index (χ3n) is 3.44. The summed E-state index contributed by atoms with van der Waals surface area (Å²) in [7, 11) is 2.00. The fourth-order valence-corrected chi connectivity index (χ4v) is 1.93. The van der Waals surface area contributed by atoms with Crippen molar-refractivity contribution in [3.8, 4) is 0 Å². The molecule has 0 aromatic heterocycles. The Balaban J connectivity index is 1.89.